The fourth-order valence-electron chi connectivity index (χ4n) is 0.553. The topological polar surface area (TPSA) is 132 Å². The zero-order chi connectivity index (χ0) is 11.4. The van der Waals surface area contributed by atoms with Crippen molar-refractivity contribution in [3.63, 3.8) is 0 Å². The van der Waals surface area contributed by atoms with Crippen molar-refractivity contribution >= 4 is 79.4 Å². The van der Waals surface area contributed by atoms with Gasteiger partial charge in [0, 0.05) is 72.2 Å². The summed E-state index contributed by atoms with van der Waals surface area (Å²) in [5, 5.41) is 9.23. The minimum absolute atomic E-state index is 0. The summed E-state index contributed by atoms with van der Waals surface area (Å²) >= 11 is 0. The summed E-state index contributed by atoms with van der Waals surface area (Å²) in [7, 11) is -8.37. The maximum atomic E-state index is 10.2. The van der Waals surface area contributed by atoms with Crippen LogP contribution in [-0.4, -0.2) is 120 Å². The Morgan fingerprint density at radius 2 is 1.06 bits per heavy atom. The molecule has 0 aliphatic carbocycles. The van der Waals surface area contributed by atoms with Crippen LogP contribution < -0.4 is 0 Å². The Morgan fingerprint density at radius 1 is 0.812 bits per heavy atom. The van der Waals surface area contributed by atoms with Gasteiger partial charge in [-0.1, -0.05) is 0 Å². The summed E-state index contributed by atoms with van der Waals surface area (Å²) in [6.45, 7) is -0.872. The third-order valence-corrected chi connectivity index (χ3v) is 2.61. The van der Waals surface area contributed by atoms with Gasteiger partial charge in [0.15, 0.2) is 0 Å². The Morgan fingerprint density at radius 3 is 1.25 bits per heavy atom. The molecule has 0 unspecified atom stereocenters. The number of hydrogen-bond acceptors (Lipinski definition) is 6. The molecule has 16 heavy (non-hydrogen) atoms. The standard InChI is InChI=1S/C4H11NO7S2.2Na/c6-5(1-3-13(7,8)9)2-4-14(10,11)12;;/h6H,1-4H2,(H,7,8,9)(H,10,11,12);;. The third kappa shape index (κ3) is 18.1. The molecule has 2 radical (unpaired) electrons. The molecule has 0 fully saturated rings. The second-order valence-electron chi connectivity index (χ2n) is 2.53. The maximum Gasteiger partial charge on any atom is 0.266 e. The molecule has 8 nitrogen and oxygen atoms in total. The minimum Gasteiger partial charge on any atom is -0.314 e. The molecule has 0 amide bonds. The molecule has 88 valence electrons. The first-order valence-electron chi connectivity index (χ1n) is 3.44. The van der Waals surface area contributed by atoms with Crippen molar-refractivity contribution in [2.24, 2.45) is 0 Å². The van der Waals surface area contributed by atoms with Crippen LogP contribution in [0.1, 0.15) is 0 Å². The Labute approximate surface area is 138 Å². The molecule has 0 saturated heterocycles. The molecular formula is C4H11NNa2O7S2. The van der Waals surface area contributed by atoms with Crippen LogP contribution in [0.4, 0.5) is 0 Å². The number of rotatable bonds is 6. The summed E-state index contributed by atoms with van der Waals surface area (Å²) in [5.74, 6) is -1.43. The molecule has 0 bridgehead atoms. The van der Waals surface area contributed by atoms with E-state index in [4.69, 9.17) is 14.3 Å². The van der Waals surface area contributed by atoms with Gasteiger partial charge in [-0.25, -0.2) is 0 Å². The molecule has 3 N–H and O–H groups in total. The third-order valence-electron chi connectivity index (χ3n) is 1.21. The van der Waals surface area contributed by atoms with Crippen LogP contribution >= 0.6 is 0 Å². The molecular weight excluding hydrogens is 284 g/mol. The van der Waals surface area contributed by atoms with E-state index in [0.717, 1.165) is 0 Å². The predicted molar refractivity (Wildman–Crippen MR) is 57.7 cm³/mol. The summed E-state index contributed by atoms with van der Waals surface area (Å²) in [6.07, 6.45) is 0. The fraction of sp³-hybridized carbons (Fsp3) is 1.00. The van der Waals surface area contributed by atoms with E-state index >= 15 is 0 Å². The van der Waals surface area contributed by atoms with Gasteiger partial charge in [0.1, 0.15) is 0 Å². The van der Waals surface area contributed by atoms with Crippen LogP contribution in [-0.2, 0) is 20.2 Å². The smallest absolute Gasteiger partial charge is 0.266 e. The first-order chi connectivity index (χ1) is 6.10. The number of hydroxylamine groups is 2. The first kappa shape index (κ1) is 22.9. The van der Waals surface area contributed by atoms with Crippen molar-refractivity contribution in [2.75, 3.05) is 24.6 Å². The van der Waals surface area contributed by atoms with E-state index in [2.05, 4.69) is 0 Å². The summed E-state index contributed by atoms with van der Waals surface area (Å²) < 4.78 is 57.3. The van der Waals surface area contributed by atoms with Gasteiger partial charge in [-0.2, -0.15) is 21.9 Å². The molecule has 0 spiro atoms. The van der Waals surface area contributed by atoms with Crippen LogP contribution in [0, 0.1) is 0 Å². The summed E-state index contributed by atoms with van der Waals surface area (Å²) in [6, 6.07) is 0. The zero-order valence-corrected chi connectivity index (χ0v) is 14.7. The van der Waals surface area contributed by atoms with Crippen molar-refractivity contribution in [3.8, 4) is 0 Å². The van der Waals surface area contributed by atoms with Crippen LogP contribution in [0.25, 0.3) is 0 Å². The molecule has 0 aliphatic rings. The summed E-state index contributed by atoms with van der Waals surface area (Å²) in [5.41, 5.74) is 0. The Kier molecular flexibility index (Phi) is 13.8. The van der Waals surface area contributed by atoms with E-state index in [1.165, 1.54) is 0 Å². The molecule has 12 heteroatoms. The molecule has 0 atom stereocenters. The monoisotopic (exact) mass is 295 g/mol. The van der Waals surface area contributed by atoms with Crippen molar-refractivity contribution in [2.45, 2.75) is 0 Å². The number of hydrogen-bond donors (Lipinski definition) is 3. The van der Waals surface area contributed by atoms with E-state index in [1.54, 1.807) is 0 Å². The Bertz CT molecular complexity index is 330. The molecule has 0 aromatic rings. The van der Waals surface area contributed by atoms with Gasteiger partial charge >= 0.3 is 0 Å². The average Bonchev–Trinajstić information content (AvgIpc) is 1.94. The molecule has 0 aromatic heterocycles. The minimum atomic E-state index is -4.19. The Hall–Kier alpha value is 1.74. The van der Waals surface area contributed by atoms with Crippen LogP contribution in [0.3, 0.4) is 0 Å². The van der Waals surface area contributed by atoms with Gasteiger partial charge in [-0.05, 0) is 0 Å². The van der Waals surface area contributed by atoms with Gasteiger partial charge in [-0.15, -0.1) is 0 Å². The molecule has 0 saturated carbocycles. The largest absolute Gasteiger partial charge is 0.314 e. The average molecular weight is 295 g/mol. The second kappa shape index (κ2) is 9.64. The fourth-order valence-corrected chi connectivity index (χ4v) is 1.44. The van der Waals surface area contributed by atoms with E-state index < -0.39 is 44.8 Å². The zero-order valence-electron chi connectivity index (χ0n) is 9.07. The SMILES string of the molecule is O=S(=O)(O)CCN(O)CCS(=O)(=O)O.[Na].[Na]. The second-order valence-corrected chi connectivity index (χ2v) is 5.67. The van der Waals surface area contributed by atoms with Crippen LogP contribution in [0.2, 0.25) is 0 Å². The van der Waals surface area contributed by atoms with E-state index in [9.17, 15) is 16.8 Å². The predicted octanol–water partition coefficient (Wildman–Crippen LogP) is -2.31. The van der Waals surface area contributed by atoms with Gasteiger partial charge in [-0.3, -0.25) is 9.11 Å². The quantitative estimate of drug-likeness (QED) is 0.283. The van der Waals surface area contributed by atoms with Crippen molar-refractivity contribution in [1.29, 1.82) is 0 Å². The van der Waals surface area contributed by atoms with Crippen molar-refractivity contribution < 1.29 is 31.1 Å². The van der Waals surface area contributed by atoms with Gasteiger partial charge < -0.3 is 5.21 Å². The van der Waals surface area contributed by atoms with Crippen molar-refractivity contribution in [3.05, 3.63) is 0 Å². The van der Waals surface area contributed by atoms with Crippen LogP contribution in [0.5, 0.6) is 0 Å². The molecule has 0 aromatic carbocycles. The van der Waals surface area contributed by atoms with E-state index in [0.29, 0.717) is 5.06 Å². The van der Waals surface area contributed by atoms with Gasteiger partial charge in [0.05, 0.1) is 11.5 Å². The summed E-state index contributed by atoms with van der Waals surface area (Å²) in [4.78, 5) is 0. The first-order valence-corrected chi connectivity index (χ1v) is 6.66. The van der Waals surface area contributed by atoms with E-state index in [-0.39, 0.29) is 59.1 Å². The molecule has 0 rings (SSSR count). The van der Waals surface area contributed by atoms with Gasteiger partial charge in [0.25, 0.3) is 20.2 Å². The Balaban J connectivity index is -0.000000845. The molecule has 0 heterocycles. The van der Waals surface area contributed by atoms with E-state index in [1.807, 2.05) is 0 Å². The van der Waals surface area contributed by atoms with Gasteiger partial charge in [0.2, 0.25) is 0 Å². The number of nitrogens with zero attached hydrogens (tertiary/aromatic N) is 1. The molecule has 0 aliphatic heterocycles. The maximum absolute atomic E-state index is 10.2. The van der Waals surface area contributed by atoms with Crippen molar-refractivity contribution in [1.82, 2.24) is 5.06 Å². The normalized spacial score (nSPS) is 11.8. The van der Waals surface area contributed by atoms with Crippen LogP contribution in [0.15, 0.2) is 0 Å².